The molecule has 1 unspecified atom stereocenters. The van der Waals surface area contributed by atoms with Gasteiger partial charge >= 0.3 is 13.3 Å². The molecule has 0 heterocycles. The molecule has 0 aliphatic rings. The Morgan fingerprint density at radius 2 is 1.72 bits per heavy atom. The number of carboxylic acids is 1. The number of carboxylic acid groups (broad SMARTS) is 1. The van der Waals surface area contributed by atoms with Crippen molar-refractivity contribution in [2.75, 3.05) is 0 Å². The summed E-state index contributed by atoms with van der Waals surface area (Å²) in [5.41, 5.74) is 5.86. The molecule has 0 spiro atoms. The Morgan fingerprint density at radius 3 is 2.11 bits per heavy atom. The highest BCUT2D eigenvalue weighted by atomic mass is 16.5. The average molecular weight is 259 g/mol. The van der Waals surface area contributed by atoms with Crippen molar-refractivity contribution in [2.45, 2.75) is 12.5 Å². The van der Waals surface area contributed by atoms with E-state index < -0.39 is 19.3 Å². The summed E-state index contributed by atoms with van der Waals surface area (Å²) in [4.78, 5) is 10.4. The van der Waals surface area contributed by atoms with Crippen molar-refractivity contribution >= 4 is 13.3 Å². The zero-order valence-electron chi connectivity index (χ0n) is 9.26. The Labute approximate surface area is 103 Å². The fourth-order valence-electron chi connectivity index (χ4n) is 1.04. The van der Waals surface area contributed by atoms with Crippen molar-refractivity contribution in [1.82, 2.24) is 0 Å². The number of rotatable bonds is 3. The fourth-order valence-corrected chi connectivity index (χ4v) is 1.04. The first-order chi connectivity index (χ1) is 8.23. The molecule has 0 bridgehead atoms. The first-order valence-corrected chi connectivity index (χ1v) is 4.77. The predicted molar refractivity (Wildman–Crippen MR) is 61.5 cm³/mol. The molecular formula is C9H14BNO7. The van der Waals surface area contributed by atoms with Gasteiger partial charge in [-0.1, -0.05) is 6.07 Å². The number of hydrogen-bond donors (Lipinski definition) is 7. The van der Waals surface area contributed by atoms with Crippen LogP contribution in [0.15, 0.2) is 18.2 Å². The van der Waals surface area contributed by atoms with Gasteiger partial charge in [0.05, 0.1) is 0 Å². The third-order valence-corrected chi connectivity index (χ3v) is 1.81. The van der Waals surface area contributed by atoms with E-state index >= 15 is 0 Å². The second-order valence-electron chi connectivity index (χ2n) is 3.32. The predicted octanol–water partition coefficient (Wildman–Crippen LogP) is -2.00. The monoisotopic (exact) mass is 259 g/mol. The lowest BCUT2D eigenvalue weighted by molar-refractivity contribution is -0.138. The lowest BCUT2D eigenvalue weighted by atomic mass is 10.1. The normalized spacial score (nSPS) is 11.1. The Hall–Kier alpha value is -1.81. The van der Waals surface area contributed by atoms with E-state index in [1.54, 1.807) is 0 Å². The average Bonchev–Trinajstić information content (AvgIpc) is 2.22. The molecule has 0 fully saturated rings. The van der Waals surface area contributed by atoms with Crippen LogP contribution in [0.3, 0.4) is 0 Å². The molecule has 1 atom stereocenters. The summed E-state index contributed by atoms with van der Waals surface area (Å²) in [6.45, 7) is 0. The molecule has 1 aromatic carbocycles. The first-order valence-electron chi connectivity index (χ1n) is 4.77. The molecule has 1 rings (SSSR count). The molecular weight excluding hydrogens is 245 g/mol. The maximum atomic E-state index is 10.4. The summed E-state index contributed by atoms with van der Waals surface area (Å²) in [5.74, 6) is -1.62. The molecule has 8 nitrogen and oxygen atoms in total. The number of phenols is 2. The molecule has 18 heavy (non-hydrogen) atoms. The highest BCUT2D eigenvalue weighted by Gasteiger charge is 2.12. The van der Waals surface area contributed by atoms with E-state index in [2.05, 4.69) is 0 Å². The Bertz CT molecular complexity index is 396. The SMILES string of the molecule is NC(Cc1ccc(O)c(O)c1)C(=O)O.OB(O)O. The van der Waals surface area contributed by atoms with Crippen molar-refractivity contribution in [3.8, 4) is 11.5 Å². The van der Waals surface area contributed by atoms with E-state index in [1.165, 1.54) is 18.2 Å². The lowest BCUT2D eigenvalue weighted by Crippen LogP contribution is -2.32. The molecule has 0 radical (unpaired) electrons. The minimum Gasteiger partial charge on any atom is -0.504 e. The molecule has 9 heteroatoms. The van der Waals surface area contributed by atoms with Gasteiger partial charge < -0.3 is 36.1 Å². The van der Waals surface area contributed by atoms with E-state index in [0.29, 0.717) is 5.56 Å². The largest absolute Gasteiger partial charge is 0.631 e. The summed E-state index contributed by atoms with van der Waals surface area (Å²) in [6.07, 6.45) is 0.114. The van der Waals surface area contributed by atoms with Crippen LogP contribution in [0.5, 0.6) is 11.5 Å². The number of aliphatic carboxylic acids is 1. The van der Waals surface area contributed by atoms with Gasteiger partial charge in [0, 0.05) is 0 Å². The van der Waals surface area contributed by atoms with Gasteiger partial charge in [0.25, 0.3) is 0 Å². The van der Waals surface area contributed by atoms with Gasteiger partial charge in [-0.3, -0.25) is 4.79 Å². The second-order valence-corrected chi connectivity index (χ2v) is 3.32. The first kappa shape index (κ1) is 16.2. The summed E-state index contributed by atoms with van der Waals surface area (Å²) in [6, 6.07) is 3.09. The third kappa shape index (κ3) is 6.71. The number of hydrogen-bond acceptors (Lipinski definition) is 7. The molecule has 0 aromatic heterocycles. The highest BCUT2D eigenvalue weighted by Crippen LogP contribution is 2.25. The van der Waals surface area contributed by atoms with Crippen molar-refractivity contribution in [1.29, 1.82) is 0 Å². The van der Waals surface area contributed by atoms with Crippen molar-refractivity contribution in [3.63, 3.8) is 0 Å². The number of carbonyl (C=O) groups is 1. The van der Waals surface area contributed by atoms with Crippen molar-refractivity contribution in [3.05, 3.63) is 23.8 Å². The Morgan fingerprint density at radius 1 is 1.22 bits per heavy atom. The maximum Gasteiger partial charge on any atom is 0.631 e. The topological polar surface area (TPSA) is 164 Å². The van der Waals surface area contributed by atoms with Gasteiger partial charge in [0.1, 0.15) is 6.04 Å². The zero-order valence-corrected chi connectivity index (χ0v) is 9.26. The van der Waals surface area contributed by atoms with E-state index in [0.717, 1.165) is 0 Å². The molecule has 1 aromatic rings. The summed E-state index contributed by atoms with van der Waals surface area (Å²) in [5, 5.41) is 48.1. The van der Waals surface area contributed by atoms with Gasteiger partial charge in [-0.2, -0.15) is 0 Å². The molecule has 0 saturated carbocycles. The quantitative estimate of drug-likeness (QED) is 0.242. The minimum atomic E-state index is -2.17. The third-order valence-electron chi connectivity index (χ3n) is 1.81. The van der Waals surface area contributed by atoms with Crippen LogP contribution < -0.4 is 5.73 Å². The van der Waals surface area contributed by atoms with E-state index in [1.807, 2.05) is 0 Å². The molecule has 8 N–H and O–H groups in total. The Balaban J connectivity index is 0.000000631. The smallest absolute Gasteiger partial charge is 0.504 e. The molecule has 0 aliphatic carbocycles. The van der Waals surface area contributed by atoms with Gasteiger partial charge in [-0.15, -0.1) is 0 Å². The number of phenolic OH excluding ortho intramolecular Hbond substituents is 2. The number of benzene rings is 1. The summed E-state index contributed by atoms with van der Waals surface area (Å²) in [7, 11) is -2.17. The van der Waals surface area contributed by atoms with Crippen LogP contribution in [-0.4, -0.2) is 49.7 Å². The van der Waals surface area contributed by atoms with Crippen LogP contribution in [0.1, 0.15) is 5.56 Å². The molecule has 0 amide bonds. The zero-order chi connectivity index (χ0) is 14.3. The van der Waals surface area contributed by atoms with Crippen molar-refractivity contribution < 1.29 is 35.2 Å². The number of nitrogens with two attached hydrogens (primary N) is 1. The van der Waals surface area contributed by atoms with Gasteiger partial charge in [-0.25, -0.2) is 0 Å². The van der Waals surface area contributed by atoms with Crippen LogP contribution in [0, 0.1) is 0 Å². The number of aromatic hydroxyl groups is 2. The van der Waals surface area contributed by atoms with Crippen LogP contribution in [0.2, 0.25) is 0 Å². The van der Waals surface area contributed by atoms with E-state index in [-0.39, 0.29) is 17.9 Å². The second kappa shape index (κ2) is 7.51. The standard InChI is InChI=1S/C9H11NO4.BH3O3/c10-6(9(13)14)3-5-1-2-7(11)8(12)4-5;2-1(3)4/h1-2,4,6,11-12H,3,10H2,(H,13,14);2-4H. The van der Waals surface area contributed by atoms with E-state index in [9.17, 15) is 4.79 Å². The molecule has 0 aliphatic heterocycles. The summed E-state index contributed by atoms with van der Waals surface area (Å²) < 4.78 is 0. The fraction of sp³-hybridized carbons (Fsp3) is 0.222. The van der Waals surface area contributed by atoms with Gasteiger partial charge in [-0.05, 0) is 24.1 Å². The van der Waals surface area contributed by atoms with Crippen LogP contribution in [0.25, 0.3) is 0 Å². The Kier molecular flexibility index (Phi) is 6.75. The van der Waals surface area contributed by atoms with Gasteiger partial charge in [0.15, 0.2) is 11.5 Å². The maximum absolute atomic E-state index is 10.4. The van der Waals surface area contributed by atoms with Crippen LogP contribution >= 0.6 is 0 Å². The lowest BCUT2D eigenvalue weighted by Gasteiger charge is -2.06. The summed E-state index contributed by atoms with van der Waals surface area (Å²) >= 11 is 0. The minimum absolute atomic E-state index is 0.114. The van der Waals surface area contributed by atoms with E-state index in [4.69, 9.17) is 36.1 Å². The molecule has 100 valence electrons. The van der Waals surface area contributed by atoms with Crippen molar-refractivity contribution in [2.24, 2.45) is 5.73 Å². The highest BCUT2D eigenvalue weighted by molar-refractivity contribution is 6.30. The molecule has 0 saturated heterocycles. The van der Waals surface area contributed by atoms with Crippen LogP contribution in [-0.2, 0) is 11.2 Å². The van der Waals surface area contributed by atoms with Crippen LogP contribution in [0.4, 0.5) is 0 Å². The van der Waals surface area contributed by atoms with Gasteiger partial charge in [0.2, 0.25) is 0 Å².